The van der Waals surface area contributed by atoms with Crippen molar-refractivity contribution in [2.75, 3.05) is 18.5 Å². The number of ether oxygens (including phenoxy) is 1. The second-order valence-electron chi connectivity index (χ2n) is 7.40. The van der Waals surface area contributed by atoms with Crippen molar-refractivity contribution in [3.8, 4) is 11.3 Å². The zero-order valence-corrected chi connectivity index (χ0v) is 17.0. The number of aromatic nitrogens is 1. The van der Waals surface area contributed by atoms with Crippen molar-refractivity contribution >= 4 is 28.4 Å². The van der Waals surface area contributed by atoms with E-state index in [0.717, 1.165) is 41.6 Å². The molecular formula is C24H25N3O3. The van der Waals surface area contributed by atoms with E-state index in [0.29, 0.717) is 24.2 Å². The Morgan fingerprint density at radius 1 is 1.13 bits per heavy atom. The summed E-state index contributed by atoms with van der Waals surface area (Å²) in [7, 11) is 0. The smallest absolute Gasteiger partial charge is 0.252 e. The van der Waals surface area contributed by atoms with E-state index in [1.807, 2.05) is 61.5 Å². The van der Waals surface area contributed by atoms with Crippen LogP contribution in [-0.2, 0) is 9.53 Å². The molecule has 6 heteroatoms. The van der Waals surface area contributed by atoms with Gasteiger partial charge in [0.15, 0.2) is 0 Å². The Labute approximate surface area is 175 Å². The number of carbonyl (C=O) groups is 2. The van der Waals surface area contributed by atoms with E-state index in [1.165, 1.54) is 0 Å². The molecule has 0 bridgehead atoms. The highest BCUT2D eigenvalue weighted by atomic mass is 16.5. The monoisotopic (exact) mass is 403 g/mol. The molecule has 0 spiro atoms. The molecule has 0 saturated carbocycles. The molecule has 2 aromatic carbocycles. The number of nitrogens with one attached hydrogen (secondary N) is 2. The third kappa shape index (κ3) is 4.49. The van der Waals surface area contributed by atoms with Gasteiger partial charge in [0.2, 0.25) is 5.91 Å². The predicted octanol–water partition coefficient (Wildman–Crippen LogP) is 4.16. The Morgan fingerprint density at radius 3 is 2.67 bits per heavy atom. The lowest BCUT2D eigenvalue weighted by molar-refractivity contribution is -0.115. The third-order valence-electron chi connectivity index (χ3n) is 5.26. The minimum absolute atomic E-state index is 0.0308. The van der Waals surface area contributed by atoms with Gasteiger partial charge >= 0.3 is 0 Å². The number of nitrogens with zero attached hydrogens (tertiary/aromatic N) is 1. The number of para-hydroxylation sites is 1. The van der Waals surface area contributed by atoms with Crippen LogP contribution < -0.4 is 10.6 Å². The second kappa shape index (κ2) is 9.05. The topological polar surface area (TPSA) is 80.3 Å². The number of benzene rings is 2. The van der Waals surface area contributed by atoms with Gasteiger partial charge in [0.05, 0.1) is 22.9 Å². The van der Waals surface area contributed by atoms with Crippen LogP contribution in [0.25, 0.3) is 22.2 Å². The van der Waals surface area contributed by atoms with Gasteiger partial charge in [0, 0.05) is 36.2 Å². The maximum absolute atomic E-state index is 13.0. The molecular weight excluding hydrogens is 378 g/mol. The van der Waals surface area contributed by atoms with Crippen LogP contribution in [0.2, 0.25) is 0 Å². The van der Waals surface area contributed by atoms with Gasteiger partial charge in [-0.3, -0.25) is 9.59 Å². The summed E-state index contributed by atoms with van der Waals surface area (Å²) in [6.45, 7) is 3.09. The lowest BCUT2D eigenvalue weighted by atomic mass is 10.0. The number of pyridine rings is 1. The fourth-order valence-corrected chi connectivity index (χ4v) is 3.59. The van der Waals surface area contributed by atoms with E-state index in [1.54, 1.807) is 0 Å². The largest absolute Gasteiger partial charge is 0.376 e. The summed E-state index contributed by atoms with van der Waals surface area (Å²) < 4.78 is 5.61. The molecule has 6 nitrogen and oxygen atoms in total. The Hall–Kier alpha value is -3.25. The molecule has 1 aliphatic heterocycles. The van der Waals surface area contributed by atoms with Gasteiger partial charge in [0.1, 0.15) is 0 Å². The first kappa shape index (κ1) is 20.0. The number of hydrogen-bond donors (Lipinski definition) is 2. The van der Waals surface area contributed by atoms with Crippen LogP contribution in [0.15, 0.2) is 54.6 Å². The standard InChI is InChI=1S/C24H25N3O3/c1-2-23(28)26-17-11-9-16(10-12-17)22-14-20(19-7-3-4-8-21(19)27-22)24(29)25-15-18-6-5-13-30-18/h3-4,7-12,14,18H,2,5-6,13,15H2,1H3,(H,25,29)(H,26,28). The maximum Gasteiger partial charge on any atom is 0.252 e. The molecule has 1 unspecified atom stereocenters. The summed E-state index contributed by atoms with van der Waals surface area (Å²) >= 11 is 0. The van der Waals surface area contributed by atoms with E-state index in [-0.39, 0.29) is 17.9 Å². The minimum Gasteiger partial charge on any atom is -0.376 e. The molecule has 2 N–H and O–H groups in total. The van der Waals surface area contributed by atoms with E-state index < -0.39 is 0 Å². The summed E-state index contributed by atoms with van der Waals surface area (Å²) in [6.07, 6.45) is 2.53. The number of carbonyl (C=O) groups excluding carboxylic acids is 2. The van der Waals surface area contributed by atoms with Crippen LogP contribution >= 0.6 is 0 Å². The maximum atomic E-state index is 13.0. The average molecular weight is 403 g/mol. The van der Waals surface area contributed by atoms with E-state index in [2.05, 4.69) is 10.6 Å². The quantitative estimate of drug-likeness (QED) is 0.648. The molecule has 1 fully saturated rings. The van der Waals surface area contributed by atoms with Gasteiger partial charge in [0.25, 0.3) is 5.91 Å². The molecule has 30 heavy (non-hydrogen) atoms. The second-order valence-corrected chi connectivity index (χ2v) is 7.40. The third-order valence-corrected chi connectivity index (χ3v) is 5.26. The summed E-state index contributed by atoms with van der Waals surface area (Å²) in [5.41, 5.74) is 3.69. The van der Waals surface area contributed by atoms with Gasteiger partial charge in [-0.05, 0) is 37.1 Å². The molecule has 0 aliphatic carbocycles. The fourth-order valence-electron chi connectivity index (χ4n) is 3.59. The zero-order chi connectivity index (χ0) is 20.9. The Balaban J connectivity index is 1.62. The van der Waals surface area contributed by atoms with E-state index >= 15 is 0 Å². The highest BCUT2D eigenvalue weighted by Crippen LogP contribution is 2.26. The molecule has 0 radical (unpaired) electrons. The van der Waals surface area contributed by atoms with Gasteiger partial charge < -0.3 is 15.4 Å². The molecule has 2 amide bonds. The molecule has 2 heterocycles. The van der Waals surface area contributed by atoms with Crippen molar-refractivity contribution in [3.05, 3.63) is 60.2 Å². The summed E-state index contributed by atoms with van der Waals surface area (Å²) in [4.78, 5) is 29.3. The zero-order valence-electron chi connectivity index (χ0n) is 17.0. The number of hydrogen-bond acceptors (Lipinski definition) is 4. The van der Waals surface area contributed by atoms with Crippen molar-refractivity contribution in [2.45, 2.75) is 32.3 Å². The Morgan fingerprint density at radius 2 is 1.93 bits per heavy atom. The number of rotatable bonds is 6. The van der Waals surface area contributed by atoms with Crippen LogP contribution in [0.1, 0.15) is 36.5 Å². The van der Waals surface area contributed by atoms with Crippen LogP contribution in [0.3, 0.4) is 0 Å². The van der Waals surface area contributed by atoms with E-state index in [9.17, 15) is 9.59 Å². The highest BCUT2D eigenvalue weighted by Gasteiger charge is 2.18. The van der Waals surface area contributed by atoms with Crippen LogP contribution in [-0.4, -0.2) is 36.1 Å². The van der Waals surface area contributed by atoms with Crippen molar-refractivity contribution in [3.63, 3.8) is 0 Å². The predicted molar refractivity (Wildman–Crippen MR) is 117 cm³/mol. The van der Waals surface area contributed by atoms with Crippen LogP contribution in [0.4, 0.5) is 5.69 Å². The van der Waals surface area contributed by atoms with Gasteiger partial charge in [-0.2, -0.15) is 0 Å². The molecule has 1 atom stereocenters. The van der Waals surface area contributed by atoms with E-state index in [4.69, 9.17) is 9.72 Å². The lowest BCUT2D eigenvalue weighted by Gasteiger charge is -2.13. The van der Waals surface area contributed by atoms with Gasteiger partial charge in [-0.15, -0.1) is 0 Å². The highest BCUT2D eigenvalue weighted by molar-refractivity contribution is 6.07. The van der Waals surface area contributed by atoms with Crippen molar-refractivity contribution in [2.24, 2.45) is 0 Å². The lowest BCUT2D eigenvalue weighted by Crippen LogP contribution is -2.31. The summed E-state index contributed by atoms with van der Waals surface area (Å²) in [5, 5.41) is 6.66. The SMILES string of the molecule is CCC(=O)Nc1ccc(-c2cc(C(=O)NCC3CCCO3)c3ccccc3n2)cc1. The van der Waals surface area contributed by atoms with Crippen molar-refractivity contribution in [1.82, 2.24) is 10.3 Å². The normalized spacial score (nSPS) is 15.8. The first-order chi connectivity index (χ1) is 14.6. The molecule has 1 aliphatic rings. The number of amides is 2. The molecule has 4 rings (SSSR count). The van der Waals surface area contributed by atoms with Crippen molar-refractivity contribution in [1.29, 1.82) is 0 Å². The molecule has 1 saturated heterocycles. The fraction of sp³-hybridized carbons (Fsp3) is 0.292. The summed E-state index contributed by atoms with van der Waals surface area (Å²) in [6, 6.07) is 17.0. The van der Waals surface area contributed by atoms with Gasteiger partial charge in [-0.1, -0.05) is 37.3 Å². The minimum atomic E-state index is -0.128. The van der Waals surface area contributed by atoms with Crippen molar-refractivity contribution < 1.29 is 14.3 Å². The summed E-state index contributed by atoms with van der Waals surface area (Å²) in [5.74, 6) is -0.158. The first-order valence-electron chi connectivity index (χ1n) is 10.3. The Kier molecular flexibility index (Phi) is 6.05. The number of anilines is 1. The molecule has 154 valence electrons. The van der Waals surface area contributed by atoms with Gasteiger partial charge in [-0.25, -0.2) is 4.98 Å². The van der Waals surface area contributed by atoms with Crippen LogP contribution in [0.5, 0.6) is 0 Å². The number of fused-ring (bicyclic) bond motifs is 1. The molecule has 3 aromatic rings. The molecule has 1 aromatic heterocycles. The first-order valence-corrected chi connectivity index (χ1v) is 10.3. The van der Waals surface area contributed by atoms with Crippen LogP contribution in [0, 0.1) is 0 Å². The average Bonchev–Trinajstić information content (AvgIpc) is 3.31. The Bertz CT molecular complexity index is 1060.